The maximum atomic E-state index is 9.05. The Bertz CT molecular complexity index is 644. The third-order valence-corrected chi connectivity index (χ3v) is 3.77. The molecule has 0 amide bonds. The lowest BCUT2D eigenvalue weighted by Crippen LogP contribution is -2.22. The zero-order chi connectivity index (χ0) is 14.7. The van der Waals surface area contributed by atoms with Crippen LogP contribution in [0.15, 0.2) is 42.5 Å². The van der Waals surface area contributed by atoms with Crippen molar-refractivity contribution in [2.45, 2.75) is 13.0 Å². The Hall–Kier alpha value is -2.18. The molecule has 0 spiro atoms. The average Bonchev–Trinajstić information content (AvgIpc) is 2.47. The molecule has 0 aromatic heterocycles. The highest BCUT2D eigenvalue weighted by Crippen LogP contribution is 2.31. The molecule has 0 aliphatic rings. The van der Waals surface area contributed by atoms with Gasteiger partial charge in [-0.2, -0.15) is 5.26 Å². The van der Waals surface area contributed by atoms with E-state index < -0.39 is 0 Å². The van der Waals surface area contributed by atoms with E-state index in [2.05, 4.69) is 17.9 Å². The van der Waals surface area contributed by atoms with Gasteiger partial charge in [-0.05, 0) is 36.8 Å². The summed E-state index contributed by atoms with van der Waals surface area (Å²) in [6.07, 6.45) is 0. The first-order valence-corrected chi connectivity index (χ1v) is 6.69. The van der Waals surface area contributed by atoms with Crippen LogP contribution in [0.25, 0.3) is 0 Å². The standard InChI is InChI=1S/C16H16ClN3/c1-11(12-6-8-14(17)9-7-12)20(2)15-5-3-4-13(10-18)16(15)19/h3-9,11H,19H2,1-2H3. The molecule has 2 aromatic rings. The fourth-order valence-electron chi connectivity index (χ4n) is 2.13. The Morgan fingerprint density at radius 2 is 1.85 bits per heavy atom. The molecular weight excluding hydrogens is 270 g/mol. The van der Waals surface area contributed by atoms with Gasteiger partial charge in [-0.1, -0.05) is 29.8 Å². The van der Waals surface area contributed by atoms with E-state index in [0.717, 1.165) is 16.3 Å². The highest BCUT2D eigenvalue weighted by molar-refractivity contribution is 6.30. The minimum Gasteiger partial charge on any atom is -0.396 e. The molecule has 0 radical (unpaired) electrons. The van der Waals surface area contributed by atoms with Gasteiger partial charge >= 0.3 is 0 Å². The second-order valence-electron chi connectivity index (χ2n) is 4.69. The number of halogens is 1. The third-order valence-electron chi connectivity index (χ3n) is 3.52. The zero-order valence-electron chi connectivity index (χ0n) is 11.5. The average molecular weight is 286 g/mol. The summed E-state index contributed by atoms with van der Waals surface area (Å²) >= 11 is 5.91. The number of hydrogen-bond donors (Lipinski definition) is 1. The molecule has 0 saturated heterocycles. The molecule has 1 unspecified atom stereocenters. The van der Waals surface area contributed by atoms with Gasteiger partial charge in [0.15, 0.2) is 0 Å². The van der Waals surface area contributed by atoms with Crippen molar-refractivity contribution < 1.29 is 0 Å². The Kier molecular flexibility index (Phi) is 4.16. The second kappa shape index (κ2) is 5.85. The van der Waals surface area contributed by atoms with E-state index in [1.807, 2.05) is 43.4 Å². The number of benzene rings is 2. The fraction of sp³-hybridized carbons (Fsp3) is 0.188. The lowest BCUT2D eigenvalue weighted by Gasteiger charge is -2.28. The van der Waals surface area contributed by atoms with Crippen LogP contribution in [0.5, 0.6) is 0 Å². The molecule has 2 aromatic carbocycles. The van der Waals surface area contributed by atoms with Crippen LogP contribution in [0.1, 0.15) is 24.1 Å². The van der Waals surface area contributed by atoms with E-state index in [1.54, 1.807) is 6.07 Å². The Morgan fingerprint density at radius 3 is 2.45 bits per heavy atom. The minimum absolute atomic E-state index is 0.128. The van der Waals surface area contributed by atoms with Crippen molar-refractivity contribution in [1.82, 2.24) is 0 Å². The second-order valence-corrected chi connectivity index (χ2v) is 5.13. The van der Waals surface area contributed by atoms with Crippen LogP contribution in [0.3, 0.4) is 0 Å². The lowest BCUT2D eigenvalue weighted by molar-refractivity contribution is 0.741. The molecule has 0 fully saturated rings. The summed E-state index contributed by atoms with van der Waals surface area (Å²) in [5.41, 5.74) is 9.05. The van der Waals surface area contributed by atoms with E-state index in [0.29, 0.717) is 11.3 Å². The van der Waals surface area contributed by atoms with Crippen LogP contribution in [0.2, 0.25) is 5.02 Å². The zero-order valence-corrected chi connectivity index (χ0v) is 12.2. The summed E-state index contributed by atoms with van der Waals surface area (Å²) in [7, 11) is 1.96. The summed E-state index contributed by atoms with van der Waals surface area (Å²) < 4.78 is 0. The number of rotatable bonds is 3. The summed E-state index contributed by atoms with van der Waals surface area (Å²) in [6.45, 7) is 2.09. The minimum atomic E-state index is 0.128. The van der Waals surface area contributed by atoms with Gasteiger partial charge in [-0.3, -0.25) is 0 Å². The fourth-order valence-corrected chi connectivity index (χ4v) is 2.26. The van der Waals surface area contributed by atoms with Crippen molar-refractivity contribution in [2.75, 3.05) is 17.7 Å². The van der Waals surface area contributed by atoms with Gasteiger partial charge in [0.25, 0.3) is 0 Å². The SMILES string of the molecule is CC(c1ccc(Cl)cc1)N(C)c1cccc(C#N)c1N. The Morgan fingerprint density at radius 1 is 1.20 bits per heavy atom. The third kappa shape index (κ3) is 2.71. The first-order valence-electron chi connectivity index (χ1n) is 6.31. The maximum absolute atomic E-state index is 9.05. The molecule has 0 bridgehead atoms. The highest BCUT2D eigenvalue weighted by atomic mass is 35.5. The predicted octanol–water partition coefficient (Wildman–Crippen LogP) is 3.99. The maximum Gasteiger partial charge on any atom is 0.101 e. The van der Waals surface area contributed by atoms with Crippen molar-refractivity contribution in [3.8, 4) is 6.07 Å². The van der Waals surface area contributed by atoms with E-state index in [9.17, 15) is 0 Å². The van der Waals surface area contributed by atoms with Gasteiger partial charge in [-0.25, -0.2) is 0 Å². The van der Waals surface area contributed by atoms with E-state index in [1.165, 1.54) is 0 Å². The van der Waals surface area contributed by atoms with Crippen LogP contribution >= 0.6 is 11.6 Å². The molecule has 4 heteroatoms. The number of para-hydroxylation sites is 1. The molecule has 0 heterocycles. The van der Waals surface area contributed by atoms with Crippen LogP contribution in [-0.2, 0) is 0 Å². The Balaban J connectivity index is 2.34. The monoisotopic (exact) mass is 285 g/mol. The summed E-state index contributed by atoms with van der Waals surface area (Å²) in [5.74, 6) is 0. The molecule has 3 nitrogen and oxygen atoms in total. The number of nitrogens with zero attached hydrogens (tertiary/aromatic N) is 2. The molecule has 102 valence electrons. The first-order chi connectivity index (χ1) is 9.54. The van der Waals surface area contributed by atoms with Gasteiger partial charge in [-0.15, -0.1) is 0 Å². The molecule has 0 saturated carbocycles. The Labute approximate surface area is 124 Å². The van der Waals surface area contributed by atoms with Gasteiger partial charge in [0.2, 0.25) is 0 Å². The normalized spacial score (nSPS) is 11.7. The summed E-state index contributed by atoms with van der Waals surface area (Å²) in [6, 6.07) is 15.4. The molecule has 20 heavy (non-hydrogen) atoms. The summed E-state index contributed by atoms with van der Waals surface area (Å²) in [5, 5.41) is 9.76. The van der Waals surface area contributed by atoms with E-state index in [4.69, 9.17) is 22.6 Å². The van der Waals surface area contributed by atoms with E-state index >= 15 is 0 Å². The smallest absolute Gasteiger partial charge is 0.101 e. The molecule has 2 rings (SSSR count). The molecule has 0 aliphatic carbocycles. The van der Waals surface area contributed by atoms with Crippen molar-refractivity contribution in [3.63, 3.8) is 0 Å². The lowest BCUT2D eigenvalue weighted by atomic mass is 10.1. The predicted molar refractivity (Wildman–Crippen MR) is 83.8 cm³/mol. The summed E-state index contributed by atoms with van der Waals surface area (Å²) in [4.78, 5) is 2.05. The topological polar surface area (TPSA) is 53.0 Å². The van der Waals surface area contributed by atoms with Gasteiger partial charge in [0, 0.05) is 12.1 Å². The highest BCUT2D eigenvalue weighted by Gasteiger charge is 2.15. The molecule has 2 N–H and O–H groups in total. The van der Waals surface area contributed by atoms with E-state index in [-0.39, 0.29) is 6.04 Å². The van der Waals surface area contributed by atoms with Crippen LogP contribution in [-0.4, -0.2) is 7.05 Å². The quantitative estimate of drug-likeness (QED) is 0.868. The van der Waals surface area contributed by atoms with Crippen LogP contribution in [0.4, 0.5) is 11.4 Å². The number of hydrogen-bond acceptors (Lipinski definition) is 3. The first kappa shape index (κ1) is 14.2. The van der Waals surface area contributed by atoms with Gasteiger partial charge < -0.3 is 10.6 Å². The number of anilines is 2. The van der Waals surface area contributed by atoms with Crippen molar-refractivity contribution in [3.05, 3.63) is 58.6 Å². The van der Waals surface area contributed by atoms with Crippen LogP contribution in [0, 0.1) is 11.3 Å². The van der Waals surface area contributed by atoms with Crippen molar-refractivity contribution in [2.24, 2.45) is 0 Å². The van der Waals surface area contributed by atoms with Crippen LogP contribution < -0.4 is 10.6 Å². The molecule has 0 aliphatic heterocycles. The number of nitrogens with two attached hydrogens (primary N) is 1. The van der Waals surface area contributed by atoms with Gasteiger partial charge in [0.05, 0.1) is 23.0 Å². The number of nitrogen functional groups attached to an aromatic ring is 1. The largest absolute Gasteiger partial charge is 0.396 e. The van der Waals surface area contributed by atoms with Gasteiger partial charge in [0.1, 0.15) is 6.07 Å². The van der Waals surface area contributed by atoms with Crippen molar-refractivity contribution >= 4 is 23.0 Å². The molecule has 1 atom stereocenters. The molecular formula is C16H16ClN3. The number of nitriles is 1. The van der Waals surface area contributed by atoms with Crippen molar-refractivity contribution in [1.29, 1.82) is 5.26 Å².